The van der Waals surface area contributed by atoms with Crippen molar-refractivity contribution in [2.45, 2.75) is 18.9 Å². The van der Waals surface area contributed by atoms with Gasteiger partial charge in [0.2, 0.25) is 5.91 Å². The number of amides is 1. The molecule has 1 aromatic rings. The van der Waals surface area contributed by atoms with Crippen molar-refractivity contribution in [3.05, 3.63) is 22.8 Å². The minimum absolute atomic E-state index is 0.0117. The van der Waals surface area contributed by atoms with Crippen LogP contribution in [0.15, 0.2) is 12.1 Å². The minimum atomic E-state index is -0.0117. The van der Waals surface area contributed by atoms with Crippen LogP contribution in [-0.2, 0) is 4.79 Å². The second kappa shape index (κ2) is 7.88. The fourth-order valence-corrected chi connectivity index (χ4v) is 6.19. The molecule has 0 radical (unpaired) electrons. The van der Waals surface area contributed by atoms with Crippen LogP contribution in [0.25, 0.3) is 0 Å². The topological polar surface area (TPSA) is 52.6 Å². The Balaban J connectivity index is 2.01. The average molecular weight is 612 g/mol. The molecule has 110 valence electrons. The third kappa shape index (κ3) is 4.40. The second-order valence-electron chi connectivity index (χ2n) is 4.74. The molecule has 7 heteroatoms. The van der Waals surface area contributed by atoms with E-state index in [9.17, 15) is 9.90 Å². The third-order valence-corrected chi connectivity index (χ3v) is 5.65. The van der Waals surface area contributed by atoms with E-state index in [0.29, 0.717) is 6.54 Å². The Labute approximate surface area is 159 Å². The first-order valence-electron chi connectivity index (χ1n) is 6.30. The Morgan fingerprint density at radius 2 is 2.00 bits per heavy atom. The number of halogens is 3. The van der Waals surface area contributed by atoms with Crippen molar-refractivity contribution in [2.24, 2.45) is 0 Å². The van der Waals surface area contributed by atoms with Gasteiger partial charge in [-0.3, -0.25) is 9.69 Å². The van der Waals surface area contributed by atoms with Gasteiger partial charge in [-0.05, 0) is 99.3 Å². The number of carbonyl (C=O) groups excluding carboxylic acids is 1. The second-order valence-corrected chi connectivity index (χ2v) is 8.31. The Bertz CT molecular complexity index is 487. The summed E-state index contributed by atoms with van der Waals surface area (Å²) in [6, 6.07) is 4.23. The Kier molecular flexibility index (Phi) is 6.76. The van der Waals surface area contributed by atoms with E-state index in [1.54, 1.807) is 0 Å². The van der Waals surface area contributed by atoms with Crippen molar-refractivity contribution >= 4 is 79.4 Å². The molecule has 20 heavy (non-hydrogen) atoms. The predicted octanol–water partition coefficient (Wildman–Crippen LogP) is 2.90. The maximum absolute atomic E-state index is 12.2. The van der Waals surface area contributed by atoms with Crippen LogP contribution in [-0.4, -0.2) is 41.7 Å². The lowest BCUT2D eigenvalue weighted by molar-refractivity contribution is -0.117. The normalized spacial score (nSPS) is 19.3. The van der Waals surface area contributed by atoms with Crippen LogP contribution in [0, 0.1) is 10.7 Å². The molecule has 2 rings (SSSR count). The van der Waals surface area contributed by atoms with E-state index in [1.807, 2.05) is 12.1 Å². The summed E-state index contributed by atoms with van der Waals surface area (Å²) in [4.78, 5) is 14.2. The molecule has 0 bridgehead atoms. The third-order valence-electron chi connectivity index (χ3n) is 3.33. The number of likely N-dealkylation sites (tertiary alicyclic amines) is 1. The molecule has 1 aromatic carbocycles. The van der Waals surface area contributed by atoms with Crippen molar-refractivity contribution in [3.8, 4) is 0 Å². The van der Waals surface area contributed by atoms with Gasteiger partial charge in [-0.2, -0.15) is 0 Å². The summed E-state index contributed by atoms with van der Waals surface area (Å²) in [6.07, 6.45) is 2.03. The van der Waals surface area contributed by atoms with Gasteiger partial charge in [0, 0.05) is 16.8 Å². The van der Waals surface area contributed by atoms with Crippen molar-refractivity contribution in [3.63, 3.8) is 0 Å². The molecule has 1 fully saturated rings. The molecule has 0 unspecified atom stereocenters. The summed E-state index contributed by atoms with van der Waals surface area (Å²) in [7, 11) is 0. The molecule has 1 aliphatic heterocycles. The van der Waals surface area contributed by atoms with Gasteiger partial charge in [0.25, 0.3) is 0 Å². The highest BCUT2D eigenvalue weighted by molar-refractivity contribution is 14.1. The number of anilines is 1. The summed E-state index contributed by atoms with van der Waals surface area (Å²) in [5.74, 6) is -0.0117. The van der Waals surface area contributed by atoms with E-state index in [0.717, 1.165) is 35.8 Å². The number of carbonyl (C=O) groups is 1. The fourth-order valence-electron chi connectivity index (χ4n) is 2.34. The number of rotatable bonds is 4. The molecular formula is C13H15I3N2O2. The van der Waals surface area contributed by atoms with Gasteiger partial charge in [-0.1, -0.05) is 0 Å². The van der Waals surface area contributed by atoms with Gasteiger partial charge in [0.05, 0.1) is 18.8 Å². The molecule has 0 aromatic heterocycles. The van der Waals surface area contributed by atoms with Crippen LogP contribution in [0.5, 0.6) is 0 Å². The molecule has 2 N–H and O–H groups in total. The summed E-state index contributed by atoms with van der Waals surface area (Å²) in [6.45, 7) is 1.37. The lowest BCUT2D eigenvalue weighted by atomic mass is 10.2. The van der Waals surface area contributed by atoms with E-state index < -0.39 is 0 Å². The van der Waals surface area contributed by atoms with Crippen molar-refractivity contribution < 1.29 is 9.90 Å². The summed E-state index contributed by atoms with van der Waals surface area (Å²) >= 11 is 6.76. The molecule has 0 aliphatic carbocycles. The van der Waals surface area contributed by atoms with Crippen molar-refractivity contribution in [1.82, 2.24) is 4.90 Å². The molecule has 1 heterocycles. The van der Waals surface area contributed by atoms with Crippen LogP contribution in [0.1, 0.15) is 12.8 Å². The van der Waals surface area contributed by atoms with Crippen LogP contribution in [0.2, 0.25) is 0 Å². The molecular weight excluding hydrogens is 597 g/mol. The van der Waals surface area contributed by atoms with Gasteiger partial charge >= 0.3 is 0 Å². The summed E-state index contributed by atoms with van der Waals surface area (Å²) in [5.41, 5.74) is 0.886. The molecule has 1 atom stereocenters. The maximum atomic E-state index is 12.2. The summed E-state index contributed by atoms with van der Waals surface area (Å²) < 4.78 is 3.26. The number of hydrogen-bond donors (Lipinski definition) is 2. The number of aliphatic hydroxyl groups excluding tert-OH is 1. The molecule has 1 saturated heterocycles. The highest BCUT2D eigenvalue weighted by Gasteiger charge is 2.25. The van der Waals surface area contributed by atoms with Gasteiger partial charge in [0.1, 0.15) is 0 Å². The molecule has 1 amide bonds. The molecule has 1 aliphatic rings. The molecule has 0 saturated carbocycles. The zero-order valence-corrected chi connectivity index (χ0v) is 17.2. The average Bonchev–Trinajstić information content (AvgIpc) is 2.81. The van der Waals surface area contributed by atoms with Crippen LogP contribution >= 0.6 is 67.8 Å². The van der Waals surface area contributed by atoms with E-state index in [4.69, 9.17) is 0 Å². The summed E-state index contributed by atoms with van der Waals surface area (Å²) in [5, 5.41) is 12.3. The zero-order valence-electron chi connectivity index (χ0n) is 10.7. The predicted molar refractivity (Wildman–Crippen MR) is 105 cm³/mol. The number of aliphatic hydroxyl groups is 1. The van der Waals surface area contributed by atoms with Gasteiger partial charge < -0.3 is 10.4 Å². The Hall–Kier alpha value is 0.800. The number of nitrogens with one attached hydrogen (secondary N) is 1. The smallest absolute Gasteiger partial charge is 0.238 e. The monoisotopic (exact) mass is 612 g/mol. The van der Waals surface area contributed by atoms with Crippen LogP contribution < -0.4 is 5.32 Å². The van der Waals surface area contributed by atoms with Gasteiger partial charge in [0.15, 0.2) is 0 Å². The first-order valence-corrected chi connectivity index (χ1v) is 9.54. The Morgan fingerprint density at radius 1 is 1.35 bits per heavy atom. The maximum Gasteiger partial charge on any atom is 0.238 e. The van der Waals surface area contributed by atoms with Crippen LogP contribution in [0.3, 0.4) is 0 Å². The lowest BCUT2D eigenvalue weighted by Gasteiger charge is -2.22. The number of benzene rings is 1. The minimum Gasteiger partial charge on any atom is -0.395 e. The highest BCUT2D eigenvalue weighted by Crippen LogP contribution is 2.27. The van der Waals surface area contributed by atoms with E-state index in [2.05, 4.69) is 78.0 Å². The standard InChI is InChI=1S/C13H15I3N2O2/c14-8-4-10(15)13(11(16)5-8)17-12(20)6-18-3-1-2-9(18)7-19/h4-5,9,19H,1-3,6-7H2,(H,17,20)/t9-/m1/s1. The number of hydrogen-bond acceptors (Lipinski definition) is 3. The largest absolute Gasteiger partial charge is 0.395 e. The zero-order chi connectivity index (χ0) is 14.7. The van der Waals surface area contributed by atoms with Gasteiger partial charge in [-0.25, -0.2) is 0 Å². The van der Waals surface area contributed by atoms with Crippen molar-refractivity contribution in [1.29, 1.82) is 0 Å². The lowest BCUT2D eigenvalue weighted by Crippen LogP contribution is -2.38. The van der Waals surface area contributed by atoms with Crippen molar-refractivity contribution in [2.75, 3.05) is 25.0 Å². The van der Waals surface area contributed by atoms with Gasteiger partial charge in [-0.15, -0.1) is 0 Å². The van der Waals surface area contributed by atoms with E-state index in [-0.39, 0.29) is 18.6 Å². The first kappa shape index (κ1) is 17.2. The highest BCUT2D eigenvalue weighted by atomic mass is 127. The van der Waals surface area contributed by atoms with E-state index >= 15 is 0 Å². The SMILES string of the molecule is O=C(CN1CCC[C@@H]1CO)Nc1c(I)cc(I)cc1I. The fraction of sp³-hybridized carbons (Fsp3) is 0.462. The number of nitrogens with zero attached hydrogens (tertiary/aromatic N) is 1. The molecule has 4 nitrogen and oxygen atoms in total. The Morgan fingerprint density at radius 3 is 2.60 bits per heavy atom. The molecule has 0 spiro atoms. The quantitative estimate of drug-likeness (QED) is 0.515. The first-order chi connectivity index (χ1) is 9.51. The van der Waals surface area contributed by atoms with E-state index in [1.165, 1.54) is 0 Å². The van der Waals surface area contributed by atoms with Crippen LogP contribution in [0.4, 0.5) is 5.69 Å².